The van der Waals surface area contributed by atoms with Crippen LogP contribution in [0.4, 0.5) is 11.4 Å². The number of hydrogen-bond donors (Lipinski definition) is 1. The fourth-order valence-electron chi connectivity index (χ4n) is 5.87. The predicted octanol–water partition coefficient (Wildman–Crippen LogP) is 5.42. The van der Waals surface area contributed by atoms with Crippen LogP contribution in [-0.4, -0.2) is 75.2 Å². The third kappa shape index (κ3) is 7.05. The van der Waals surface area contributed by atoms with Crippen LogP contribution in [0.3, 0.4) is 0 Å². The van der Waals surface area contributed by atoms with Gasteiger partial charge in [-0.1, -0.05) is 29.3 Å². The van der Waals surface area contributed by atoms with Gasteiger partial charge in [0.05, 0.1) is 33.4 Å². The number of ether oxygens (including phenoxy) is 3. The summed E-state index contributed by atoms with van der Waals surface area (Å²) < 4.78 is 44.8. The molecular formula is C33H31Cl2N5O6S. The molecule has 3 aliphatic rings. The highest BCUT2D eigenvalue weighted by Gasteiger charge is 2.27. The van der Waals surface area contributed by atoms with Gasteiger partial charge in [-0.3, -0.25) is 14.4 Å². The molecule has 11 nitrogen and oxygen atoms in total. The number of aromatic nitrogens is 1. The summed E-state index contributed by atoms with van der Waals surface area (Å²) in [7, 11) is -3.88. The Kier molecular flexibility index (Phi) is 8.75. The molecule has 0 spiro atoms. The van der Waals surface area contributed by atoms with E-state index in [0.29, 0.717) is 31.3 Å². The molecule has 0 radical (unpaired) electrons. The molecule has 244 valence electrons. The number of anilines is 2. The van der Waals surface area contributed by atoms with Crippen molar-refractivity contribution in [1.82, 2.24) is 14.8 Å². The Hall–Kier alpha value is -4.23. The highest BCUT2D eigenvalue weighted by atomic mass is 35.5. The van der Waals surface area contributed by atoms with Gasteiger partial charge in [-0.25, -0.2) is 13.4 Å². The second-order valence-corrected chi connectivity index (χ2v) is 14.0. The van der Waals surface area contributed by atoms with Gasteiger partial charge in [0.25, 0.3) is 10.0 Å². The number of nitrogens with one attached hydrogen (secondary N) is 1. The molecule has 7 rings (SSSR count). The van der Waals surface area contributed by atoms with Gasteiger partial charge < -0.3 is 24.0 Å². The average molecular weight is 697 g/mol. The number of carbonyl (C=O) groups is 1. The number of piperazine rings is 1. The number of nitrogens with zero attached hydrogens (tertiary/aromatic N) is 4. The van der Waals surface area contributed by atoms with Crippen LogP contribution in [0.1, 0.15) is 11.1 Å². The topological polar surface area (TPSA) is 114 Å². The van der Waals surface area contributed by atoms with E-state index in [1.54, 1.807) is 12.1 Å². The van der Waals surface area contributed by atoms with E-state index in [4.69, 9.17) is 37.4 Å². The maximum absolute atomic E-state index is 13.2. The highest BCUT2D eigenvalue weighted by molar-refractivity contribution is 7.92. The lowest BCUT2D eigenvalue weighted by atomic mass is 10.1. The van der Waals surface area contributed by atoms with Gasteiger partial charge in [-0.05, 0) is 72.1 Å². The number of carbonyl (C=O) groups excluding carboxylic acids is 1. The molecule has 4 heterocycles. The summed E-state index contributed by atoms with van der Waals surface area (Å²) in [6, 6.07) is 19.0. The van der Waals surface area contributed by atoms with E-state index < -0.39 is 10.0 Å². The second-order valence-electron chi connectivity index (χ2n) is 11.5. The molecule has 4 aromatic rings. The fourth-order valence-corrected chi connectivity index (χ4v) is 7.30. The summed E-state index contributed by atoms with van der Waals surface area (Å²) >= 11 is 11.9. The lowest BCUT2D eigenvalue weighted by molar-refractivity contribution is -0.131. The van der Waals surface area contributed by atoms with E-state index in [1.807, 2.05) is 35.2 Å². The highest BCUT2D eigenvalue weighted by Crippen LogP contribution is 2.34. The van der Waals surface area contributed by atoms with Gasteiger partial charge in [0.2, 0.25) is 18.6 Å². The molecule has 3 aliphatic heterocycles. The molecule has 1 N–H and O–H groups in total. The number of halogens is 2. The van der Waals surface area contributed by atoms with E-state index in [2.05, 4.69) is 25.6 Å². The number of sulfonamides is 1. The maximum Gasteiger partial charge on any atom is 0.261 e. The first-order valence-electron chi connectivity index (χ1n) is 15.1. The van der Waals surface area contributed by atoms with Crippen LogP contribution < -0.4 is 23.8 Å². The lowest BCUT2D eigenvalue weighted by Crippen LogP contribution is -2.50. The van der Waals surface area contributed by atoms with Crippen molar-refractivity contribution in [1.29, 1.82) is 0 Å². The van der Waals surface area contributed by atoms with Crippen molar-refractivity contribution in [2.75, 3.05) is 55.7 Å². The molecule has 1 amide bonds. The van der Waals surface area contributed by atoms with Crippen LogP contribution in [0.2, 0.25) is 10.0 Å². The van der Waals surface area contributed by atoms with Crippen LogP contribution in [0.25, 0.3) is 0 Å². The quantitative estimate of drug-likeness (QED) is 0.245. The zero-order valence-electron chi connectivity index (χ0n) is 25.2. The third-order valence-electron chi connectivity index (χ3n) is 8.35. The Labute approximate surface area is 282 Å². The molecule has 1 fully saturated rings. The molecule has 47 heavy (non-hydrogen) atoms. The number of benzene rings is 3. The Morgan fingerprint density at radius 2 is 1.72 bits per heavy atom. The Balaban J connectivity index is 0.904. The third-order valence-corrected chi connectivity index (χ3v) is 10.5. The fraction of sp³-hybridized carbons (Fsp3) is 0.273. The van der Waals surface area contributed by atoms with E-state index >= 15 is 0 Å². The molecule has 3 aromatic carbocycles. The van der Waals surface area contributed by atoms with Crippen LogP contribution >= 0.6 is 23.2 Å². The van der Waals surface area contributed by atoms with Crippen molar-refractivity contribution in [2.45, 2.75) is 17.9 Å². The first kappa shape index (κ1) is 31.4. The van der Waals surface area contributed by atoms with Gasteiger partial charge in [0.1, 0.15) is 5.75 Å². The molecule has 0 atom stereocenters. The van der Waals surface area contributed by atoms with E-state index in [9.17, 15) is 13.2 Å². The minimum Gasteiger partial charge on any atom is -0.454 e. The summed E-state index contributed by atoms with van der Waals surface area (Å²) in [5, 5.41) is 0.408. The van der Waals surface area contributed by atoms with E-state index in [1.165, 1.54) is 30.0 Å². The standard InChI is InChI=1S/C33H31Cl2N5O6S/c34-27-5-4-26(17-28(27)35)47(42,43)37-24-2-8-32(36-18-24)46-25-3-6-29-23(16-25)9-10-40(29)20-33(41)39-13-11-38(12-14-39)19-22-1-7-30-31(15-22)45-21-44-30/h1-8,15-18,37H,9-14,19-21H2. The van der Waals surface area contributed by atoms with Crippen molar-refractivity contribution in [3.8, 4) is 23.1 Å². The number of pyridine rings is 1. The normalized spacial score (nSPS) is 15.9. The molecule has 0 unspecified atom stereocenters. The van der Waals surface area contributed by atoms with Crippen molar-refractivity contribution >= 4 is 50.5 Å². The molecule has 0 saturated carbocycles. The van der Waals surface area contributed by atoms with E-state index in [-0.39, 0.29) is 33.3 Å². The van der Waals surface area contributed by atoms with Crippen LogP contribution in [0, 0.1) is 0 Å². The summed E-state index contributed by atoms with van der Waals surface area (Å²) in [5.41, 5.74) is 3.55. The summed E-state index contributed by atoms with van der Waals surface area (Å²) in [5.74, 6) is 2.61. The minimum atomic E-state index is -3.88. The predicted molar refractivity (Wildman–Crippen MR) is 178 cm³/mol. The van der Waals surface area contributed by atoms with Gasteiger partial charge in [-0.2, -0.15) is 0 Å². The largest absolute Gasteiger partial charge is 0.454 e. The average Bonchev–Trinajstić information content (AvgIpc) is 3.70. The number of amides is 1. The first-order chi connectivity index (χ1) is 22.7. The van der Waals surface area contributed by atoms with Crippen LogP contribution in [0.5, 0.6) is 23.1 Å². The van der Waals surface area contributed by atoms with Crippen LogP contribution in [0.15, 0.2) is 77.8 Å². The monoisotopic (exact) mass is 695 g/mol. The Bertz CT molecular complexity index is 1920. The minimum absolute atomic E-state index is 0.0162. The summed E-state index contributed by atoms with van der Waals surface area (Å²) in [6.07, 6.45) is 2.17. The number of rotatable bonds is 9. The van der Waals surface area contributed by atoms with Crippen molar-refractivity contribution < 1.29 is 27.4 Å². The Morgan fingerprint density at radius 1 is 0.894 bits per heavy atom. The maximum atomic E-state index is 13.2. The van der Waals surface area contributed by atoms with Gasteiger partial charge in [0.15, 0.2) is 11.5 Å². The number of fused-ring (bicyclic) bond motifs is 2. The molecule has 0 aliphatic carbocycles. The Morgan fingerprint density at radius 3 is 2.51 bits per heavy atom. The van der Waals surface area contributed by atoms with Gasteiger partial charge >= 0.3 is 0 Å². The lowest BCUT2D eigenvalue weighted by Gasteiger charge is -2.35. The SMILES string of the molecule is O=C(CN1CCc2cc(Oc3ccc(NS(=O)(=O)c4ccc(Cl)c(Cl)c4)cn3)ccc21)N1CCN(Cc2ccc3c(c2)OCO3)CC1. The molecule has 0 bridgehead atoms. The van der Waals surface area contributed by atoms with Crippen molar-refractivity contribution in [2.24, 2.45) is 0 Å². The molecule has 1 aromatic heterocycles. The van der Waals surface area contributed by atoms with Gasteiger partial charge in [-0.15, -0.1) is 0 Å². The summed E-state index contributed by atoms with van der Waals surface area (Å²) in [4.78, 5) is 23.9. The zero-order valence-corrected chi connectivity index (χ0v) is 27.5. The van der Waals surface area contributed by atoms with Crippen LogP contribution in [-0.2, 0) is 27.8 Å². The zero-order chi connectivity index (χ0) is 32.5. The number of hydrogen-bond acceptors (Lipinski definition) is 9. The second kappa shape index (κ2) is 13.1. The van der Waals surface area contributed by atoms with Crippen molar-refractivity contribution in [3.05, 3.63) is 94.1 Å². The molecule has 14 heteroatoms. The van der Waals surface area contributed by atoms with Crippen molar-refractivity contribution in [3.63, 3.8) is 0 Å². The molecule has 1 saturated heterocycles. The molecular weight excluding hydrogens is 665 g/mol. The first-order valence-corrected chi connectivity index (χ1v) is 17.3. The van der Waals surface area contributed by atoms with Gasteiger partial charge in [0, 0.05) is 51.0 Å². The summed E-state index contributed by atoms with van der Waals surface area (Å²) in [6.45, 7) is 5.17. The van der Waals surface area contributed by atoms with E-state index in [0.717, 1.165) is 55.3 Å². The smallest absolute Gasteiger partial charge is 0.261 e.